The van der Waals surface area contributed by atoms with Crippen LogP contribution < -0.4 is 0 Å². The average Bonchev–Trinajstić information content (AvgIpc) is 2.93. The summed E-state index contributed by atoms with van der Waals surface area (Å²) in [5.41, 5.74) is 0.893. The second kappa shape index (κ2) is 4.21. The zero-order valence-corrected chi connectivity index (χ0v) is 10.7. The van der Waals surface area contributed by atoms with Gasteiger partial charge < -0.3 is 4.52 Å². The molecule has 0 bridgehead atoms. The molecule has 2 aromatic heterocycles. The van der Waals surface area contributed by atoms with Gasteiger partial charge in [0.15, 0.2) is 5.82 Å². The lowest BCUT2D eigenvalue weighted by molar-refractivity contribution is 0.398. The van der Waals surface area contributed by atoms with Crippen molar-refractivity contribution in [1.82, 2.24) is 15.1 Å². The van der Waals surface area contributed by atoms with E-state index in [0.717, 1.165) is 24.4 Å². The van der Waals surface area contributed by atoms with E-state index in [1.54, 1.807) is 18.2 Å². The predicted molar refractivity (Wildman–Crippen MR) is 69.1 cm³/mol. The van der Waals surface area contributed by atoms with Gasteiger partial charge in [0.05, 0.1) is 5.69 Å². The quantitative estimate of drug-likeness (QED) is 0.795. The molecule has 0 atom stereocenters. The van der Waals surface area contributed by atoms with Crippen LogP contribution in [0.25, 0.3) is 12.2 Å². The van der Waals surface area contributed by atoms with E-state index in [1.165, 1.54) is 0 Å². The normalized spacial score (nSPS) is 17.2. The summed E-state index contributed by atoms with van der Waals surface area (Å²) in [5.74, 6) is 1.29. The largest absolute Gasteiger partial charge is 0.335 e. The molecule has 18 heavy (non-hydrogen) atoms. The Morgan fingerprint density at radius 2 is 2.11 bits per heavy atom. The zero-order chi connectivity index (χ0) is 12.6. The minimum absolute atomic E-state index is 0.129. The molecule has 0 amide bonds. The fourth-order valence-corrected chi connectivity index (χ4v) is 1.80. The number of hydrogen-bond donors (Lipinski definition) is 0. The smallest absolute Gasteiger partial charge is 0.250 e. The molecule has 0 spiro atoms. The Hall–Kier alpha value is -1.68. The van der Waals surface area contributed by atoms with Crippen molar-refractivity contribution in [3.8, 4) is 0 Å². The van der Waals surface area contributed by atoms with Crippen LogP contribution in [0.4, 0.5) is 0 Å². The average molecular weight is 262 g/mol. The molecule has 0 aliphatic heterocycles. The van der Waals surface area contributed by atoms with Crippen LogP contribution in [0, 0.1) is 0 Å². The summed E-state index contributed by atoms with van der Waals surface area (Å²) in [5, 5.41) is 4.46. The van der Waals surface area contributed by atoms with Crippen LogP contribution in [0.1, 0.15) is 37.2 Å². The maximum atomic E-state index is 5.80. The third-order valence-corrected chi connectivity index (χ3v) is 3.33. The number of halogens is 1. The molecular formula is C13H12ClN3O. The van der Waals surface area contributed by atoms with E-state index in [9.17, 15) is 0 Å². The van der Waals surface area contributed by atoms with Crippen LogP contribution in [0.2, 0.25) is 5.15 Å². The topological polar surface area (TPSA) is 51.8 Å². The van der Waals surface area contributed by atoms with Gasteiger partial charge in [-0.15, -0.1) is 0 Å². The fraction of sp³-hybridized carbons (Fsp3) is 0.308. The van der Waals surface area contributed by atoms with Crippen LogP contribution in [-0.2, 0) is 5.41 Å². The second-order valence-corrected chi connectivity index (χ2v) is 5.12. The number of nitrogens with zero attached hydrogens (tertiary/aromatic N) is 3. The van der Waals surface area contributed by atoms with E-state index < -0.39 is 0 Å². The third kappa shape index (κ3) is 2.29. The zero-order valence-electron chi connectivity index (χ0n) is 9.93. The minimum Gasteiger partial charge on any atom is -0.335 e. The Balaban J connectivity index is 1.78. The van der Waals surface area contributed by atoms with Gasteiger partial charge >= 0.3 is 0 Å². The molecule has 0 N–H and O–H groups in total. The molecule has 5 heteroatoms. The summed E-state index contributed by atoms with van der Waals surface area (Å²) in [7, 11) is 0. The highest BCUT2D eigenvalue weighted by molar-refractivity contribution is 6.29. The molecular weight excluding hydrogens is 250 g/mol. The standard InChI is InChI=1S/C13H12ClN3O/c1-13(7-8-13)12-16-11(18-17-12)6-5-9-3-2-4-10(14)15-9/h2-6H,7-8H2,1H3/b6-5+. The summed E-state index contributed by atoms with van der Waals surface area (Å²) in [6, 6.07) is 5.44. The highest BCUT2D eigenvalue weighted by Crippen LogP contribution is 2.45. The van der Waals surface area contributed by atoms with Gasteiger partial charge in [0, 0.05) is 11.5 Å². The van der Waals surface area contributed by atoms with Gasteiger partial charge in [-0.1, -0.05) is 29.7 Å². The number of rotatable bonds is 3. The predicted octanol–water partition coefficient (Wildman–Crippen LogP) is 3.34. The van der Waals surface area contributed by atoms with E-state index >= 15 is 0 Å². The summed E-state index contributed by atoms with van der Waals surface area (Å²) in [6.45, 7) is 2.14. The van der Waals surface area contributed by atoms with Crippen molar-refractivity contribution in [1.29, 1.82) is 0 Å². The monoisotopic (exact) mass is 261 g/mol. The van der Waals surface area contributed by atoms with Crippen molar-refractivity contribution in [2.45, 2.75) is 25.2 Å². The number of hydrogen-bond acceptors (Lipinski definition) is 4. The molecule has 2 heterocycles. The van der Waals surface area contributed by atoms with Crippen molar-refractivity contribution in [2.24, 2.45) is 0 Å². The maximum absolute atomic E-state index is 5.80. The highest BCUT2D eigenvalue weighted by atomic mass is 35.5. The molecule has 0 aromatic carbocycles. The van der Waals surface area contributed by atoms with Crippen molar-refractivity contribution in [3.63, 3.8) is 0 Å². The Kier molecular flexibility index (Phi) is 2.67. The molecule has 0 radical (unpaired) electrons. The molecule has 1 fully saturated rings. The lowest BCUT2D eigenvalue weighted by Gasteiger charge is -1.96. The van der Waals surface area contributed by atoms with Gasteiger partial charge in [-0.05, 0) is 31.1 Å². The van der Waals surface area contributed by atoms with Gasteiger partial charge in [0.1, 0.15) is 5.15 Å². The maximum Gasteiger partial charge on any atom is 0.250 e. The van der Waals surface area contributed by atoms with Crippen molar-refractivity contribution >= 4 is 23.8 Å². The van der Waals surface area contributed by atoms with Crippen molar-refractivity contribution < 1.29 is 4.52 Å². The van der Waals surface area contributed by atoms with Gasteiger partial charge in [-0.2, -0.15) is 4.98 Å². The summed E-state index contributed by atoms with van der Waals surface area (Å²) >= 11 is 5.80. The molecule has 0 unspecified atom stereocenters. The lowest BCUT2D eigenvalue weighted by Crippen LogP contribution is -2.01. The molecule has 1 aliphatic rings. The molecule has 1 aliphatic carbocycles. The SMILES string of the molecule is CC1(c2noc(/C=C/c3cccc(Cl)n3)n2)CC1. The van der Waals surface area contributed by atoms with E-state index in [4.69, 9.17) is 16.1 Å². The Morgan fingerprint density at radius 1 is 1.28 bits per heavy atom. The van der Waals surface area contributed by atoms with Crippen LogP contribution in [0.3, 0.4) is 0 Å². The van der Waals surface area contributed by atoms with E-state index in [2.05, 4.69) is 22.0 Å². The first-order valence-electron chi connectivity index (χ1n) is 5.81. The van der Waals surface area contributed by atoms with Crippen LogP contribution in [-0.4, -0.2) is 15.1 Å². The first-order chi connectivity index (χ1) is 8.66. The second-order valence-electron chi connectivity index (χ2n) is 4.74. The molecule has 1 saturated carbocycles. The van der Waals surface area contributed by atoms with E-state index in [1.807, 2.05) is 12.1 Å². The van der Waals surface area contributed by atoms with Crippen molar-refractivity contribution in [3.05, 3.63) is 40.8 Å². The fourth-order valence-electron chi connectivity index (χ4n) is 1.63. The molecule has 0 saturated heterocycles. The summed E-state index contributed by atoms with van der Waals surface area (Å²) in [6.07, 6.45) is 5.82. The van der Waals surface area contributed by atoms with Gasteiger partial charge in [0.25, 0.3) is 5.89 Å². The van der Waals surface area contributed by atoms with Crippen LogP contribution in [0.5, 0.6) is 0 Å². The van der Waals surface area contributed by atoms with Gasteiger partial charge in [-0.25, -0.2) is 4.98 Å². The highest BCUT2D eigenvalue weighted by Gasteiger charge is 2.43. The minimum atomic E-state index is 0.129. The molecule has 2 aromatic rings. The Bertz CT molecular complexity index is 602. The third-order valence-electron chi connectivity index (χ3n) is 3.11. The summed E-state index contributed by atoms with van der Waals surface area (Å²) in [4.78, 5) is 8.50. The first-order valence-corrected chi connectivity index (χ1v) is 6.18. The Morgan fingerprint density at radius 3 is 2.83 bits per heavy atom. The lowest BCUT2D eigenvalue weighted by atomic mass is 10.1. The van der Waals surface area contributed by atoms with Gasteiger partial charge in [0.2, 0.25) is 0 Å². The molecule has 92 valence electrons. The number of aromatic nitrogens is 3. The molecule has 4 nitrogen and oxygen atoms in total. The van der Waals surface area contributed by atoms with Crippen LogP contribution >= 0.6 is 11.6 Å². The molecule has 3 rings (SSSR count). The van der Waals surface area contributed by atoms with Crippen molar-refractivity contribution in [2.75, 3.05) is 0 Å². The first kappa shape index (κ1) is 11.4. The van der Waals surface area contributed by atoms with E-state index in [0.29, 0.717) is 11.0 Å². The van der Waals surface area contributed by atoms with Gasteiger partial charge in [-0.3, -0.25) is 0 Å². The van der Waals surface area contributed by atoms with E-state index in [-0.39, 0.29) is 5.41 Å². The summed E-state index contributed by atoms with van der Waals surface area (Å²) < 4.78 is 5.17. The number of pyridine rings is 1. The Labute approximate surface area is 110 Å². The van der Waals surface area contributed by atoms with Crippen LogP contribution in [0.15, 0.2) is 22.7 Å².